The van der Waals surface area contributed by atoms with Gasteiger partial charge in [0.15, 0.2) is 17.3 Å². The van der Waals surface area contributed by atoms with Crippen molar-refractivity contribution >= 4 is 27.4 Å². The van der Waals surface area contributed by atoms with Crippen molar-refractivity contribution in [2.45, 2.75) is 38.5 Å². The van der Waals surface area contributed by atoms with Crippen molar-refractivity contribution in [3.05, 3.63) is 53.7 Å². The van der Waals surface area contributed by atoms with Crippen LogP contribution in [0.15, 0.2) is 42.5 Å². The fourth-order valence-electron chi connectivity index (χ4n) is 4.26. The molecule has 1 aliphatic heterocycles. The molecule has 0 radical (unpaired) electrons. The van der Waals surface area contributed by atoms with Crippen LogP contribution in [-0.4, -0.2) is 48.4 Å². The van der Waals surface area contributed by atoms with E-state index in [1.54, 1.807) is 24.7 Å². The quantitative estimate of drug-likeness (QED) is 0.324. The molecule has 0 amide bonds. The van der Waals surface area contributed by atoms with Crippen LogP contribution < -0.4 is 9.47 Å². The molecule has 3 aromatic rings. The third-order valence-electron chi connectivity index (χ3n) is 6.06. The molecule has 1 aromatic heterocycles. The SMILES string of the molecule is CCC(=O)c1ccc(OCCCN2CCC(c3nsc4ccccc34)CC2)c(OC)c1. The van der Waals surface area contributed by atoms with Gasteiger partial charge in [-0.15, -0.1) is 0 Å². The lowest BCUT2D eigenvalue weighted by Crippen LogP contribution is -2.34. The van der Waals surface area contributed by atoms with E-state index in [0.717, 1.165) is 38.9 Å². The number of piperidine rings is 1. The molecule has 0 bridgehead atoms. The molecule has 0 unspecified atom stereocenters. The van der Waals surface area contributed by atoms with Gasteiger partial charge in [-0.1, -0.05) is 25.1 Å². The lowest BCUT2D eigenvalue weighted by atomic mass is 9.91. The van der Waals surface area contributed by atoms with E-state index in [0.29, 0.717) is 36.0 Å². The highest BCUT2D eigenvalue weighted by Gasteiger charge is 2.23. The maximum Gasteiger partial charge on any atom is 0.162 e. The molecule has 6 heteroatoms. The summed E-state index contributed by atoms with van der Waals surface area (Å²) in [7, 11) is 1.61. The van der Waals surface area contributed by atoms with Crippen LogP contribution in [0, 0.1) is 0 Å². The molecule has 0 atom stereocenters. The number of benzene rings is 2. The van der Waals surface area contributed by atoms with Crippen LogP contribution in [-0.2, 0) is 0 Å². The minimum absolute atomic E-state index is 0.110. The second kappa shape index (κ2) is 10.2. The Morgan fingerprint density at radius 3 is 2.74 bits per heavy atom. The zero-order chi connectivity index (χ0) is 21.6. The molecular formula is C25H30N2O3S. The van der Waals surface area contributed by atoms with Crippen molar-refractivity contribution in [1.29, 1.82) is 0 Å². The van der Waals surface area contributed by atoms with Crippen molar-refractivity contribution in [2.75, 3.05) is 33.4 Å². The number of hydrogen-bond donors (Lipinski definition) is 0. The van der Waals surface area contributed by atoms with E-state index < -0.39 is 0 Å². The second-order valence-corrected chi connectivity index (χ2v) is 8.83. The topological polar surface area (TPSA) is 51.7 Å². The van der Waals surface area contributed by atoms with Gasteiger partial charge in [0.25, 0.3) is 0 Å². The van der Waals surface area contributed by atoms with E-state index in [9.17, 15) is 4.79 Å². The van der Waals surface area contributed by atoms with Crippen molar-refractivity contribution in [1.82, 2.24) is 9.27 Å². The zero-order valence-electron chi connectivity index (χ0n) is 18.3. The lowest BCUT2D eigenvalue weighted by Gasteiger charge is -2.31. The molecule has 1 fully saturated rings. The first-order chi connectivity index (χ1) is 15.2. The van der Waals surface area contributed by atoms with Crippen molar-refractivity contribution < 1.29 is 14.3 Å². The summed E-state index contributed by atoms with van der Waals surface area (Å²) in [5.41, 5.74) is 1.96. The molecule has 2 aromatic carbocycles. The largest absolute Gasteiger partial charge is 0.493 e. The molecule has 0 aliphatic carbocycles. The summed E-state index contributed by atoms with van der Waals surface area (Å²) in [5, 5.41) is 1.33. The highest BCUT2D eigenvalue weighted by atomic mass is 32.1. The van der Waals surface area contributed by atoms with Crippen LogP contribution in [0.5, 0.6) is 11.5 Å². The minimum atomic E-state index is 0.110. The van der Waals surface area contributed by atoms with E-state index in [2.05, 4.69) is 29.2 Å². The number of fused-ring (bicyclic) bond motifs is 1. The number of carbonyl (C=O) groups is 1. The van der Waals surface area contributed by atoms with Crippen LogP contribution >= 0.6 is 11.5 Å². The van der Waals surface area contributed by atoms with Gasteiger partial charge in [-0.25, -0.2) is 0 Å². The maximum absolute atomic E-state index is 11.9. The fraction of sp³-hybridized carbons (Fsp3) is 0.440. The number of rotatable bonds is 9. The Morgan fingerprint density at radius 2 is 1.97 bits per heavy atom. The smallest absolute Gasteiger partial charge is 0.162 e. The number of ether oxygens (including phenoxy) is 2. The number of carbonyl (C=O) groups excluding carboxylic acids is 1. The second-order valence-electron chi connectivity index (χ2n) is 8.02. The van der Waals surface area contributed by atoms with Crippen molar-refractivity contribution in [3.63, 3.8) is 0 Å². The summed E-state index contributed by atoms with van der Waals surface area (Å²) in [6.45, 7) is 5.73. The third-order valence-corrected chi connectivity index (χ3v) is 6.90. The summed E-state index contributed by atoms with van der Waals surface area (Å²) in [6, 6.07) is 14.0. The Hall–Kier alpha value is -2.44. The van der Waals surface area contributed by atoms with Gasteiger partial charge in [-0.2, -0.15) is 4.37 Å². The Kier molecular flexibility index (Phi) is 7.20. The van der Waals surface area contributed by atoms with Gasteiger partial charge in [-0.05, 0) is 68.1 Å². The molecule has 1 saturated heterocycles. The minimum Gasteiger partial charge on any atom is -0.493 e. The molecule has 0 saturated carbocycles. The predicted octanol–water partition coefficient (Wildman–Crippen LogP) is 5.55. The molecule has 164 valence electrons. The third kappa shape index (κ3) is 5.08. The molecule has 1 aliphatic rings. The molecular weight excluding hydrogens is 408 g/mol. The van der Waals surface area contributed by atoms with Gasteiger partial charge >= 0.3 is 0 Å². The summed E-state index contributed by atoms with van der Waals surface area (Å²) < 4.78 is 17.4. The predicted molar refractivity (Wildman–Crippen MR) is 126 cm³/mol. The van der Waals surface area contributed by atoms with Gasteiger partial charge in [0, 0.05) is 29.8 Å². The number of hydrogen-bond acceptors (Lipinski definition) is 6. The zero-order valence-corrected chi connectivity index (χ0v) is 19.1. The van der Waals surface area contributed by atoms with Crippen LogP contribution in [0.3, 0.4) is 0 Å². The standard InChI is InChI=1S/C25H30N2O3S/c1-3-21(28)19-9-10-22(23(17-19)29-2)30-16-6-13-27-14-11-18(12-15-27)25-20-7-4-5-8-24(20)31-26-25/h4-5,7-10,17-18H,3,6,11-16H2,1-2H3. The Labute approximate surface area is 188 Å². The molecule has 5 nitrogen and oxygen atoms in total. The van der Waals surface area contributed by atoms with Gasteiger partial charge in [-0.3, -0.25) is 4.79 Å². The molecule has 0 N–H and O–H groups in total. The summed E-state index contributed by atoms with van der Waals surface area (Å²) in [6.07, 6.45) is 3.77. The fourth-order valence-corrected chi connectivity index (χ4v) is 5.12. The van der Waals surface area contributed by atoms with Gasteiger partial charge in [0.2, 0.25) is 0 Å². The van der Waals surface area contributed by atoms with Crippen LogP contribution in [0.1, 0.15) is 54.6 Å². The number of methoxy groups -OCH3 is 1. The Morgan fingerprint density at radius 1 is 1.16 bits per heavy atom. The first-order valence-corrected chi connectivity index (χ1v) is 11.9. The lowest BCUT2D eigenvalue weighted by molar-refractivity contribution is 0.0987. The number of Topliss-reactive ketones (excluding diaryl/α,β-unsaturated/α-hetero) is 1. The normalized spacial score (nSPS) is 15.3. The van der Waals surface area contributed by atoms with E-state index >= 15 is 0 Å². The molecule has 2 heterocycles. The van der Waals surface area contributed by atoms with Crippen molar-refractivity contribution in [3.8, 4) is 11.5 Å². The van der Waals surface area contributed by atoms with Crippen LogP contribution in [0.4, 0.5) is 0 Å². The first kappa shape index (κ1) is 21.8. The average Bonchev–Trinajstić information content (AvgIpc) is 3.26. The van der Waals surface area contributed by atoms with Gasteiger partial charge in [0.05, 0.1) is 24.1 Å². The average molecular weight is 439 g/mol. The highest BCUT2D eigenvalue weighted by Crippen LogP contribution is 2.34. The molecule has 31 heavy (non-hydrogen) atoms. The highest BCUT2D eigenvalue weighted by molar-refractivity contribution is 7.13. The molecule has 0 spiro atoms. The first-order valence-electron chi connectivity index (χ1n) is 11.1. The number of ketones is 1. The monoisotopic (exact) mass is 438 g/mol. The number of nitrogens with zero attached hydrogens (tertiary/aromatic N) is 2. The van der Waals surface area contributed by atoms with E-state index in [-0.39, 0.29) is 5.78 Å². The molecule has 4 rings (SSSR count). The summed E-state index contributed by atoms with van der Waals surface area (Å²) in [5.74, 6) is 2.00. The summed E-state index contributed by atoms with van der Waals surface area (Å²) >= 11 is 1.62. The number of likely N-dealkylation sites (tertiary alicyclic amines) is 1. The van der Waals surface area contributed by atoms with Crippen LogP contribution in [0.2, 0.25) is 0 Å². The van der Waals surface area contributed by atoms with Gasteiger partial charge < -0.3 is 14.4 Å². The number of aromatic nitrogens is 1. The maximum atomic E-state index is 11.9. The van der Waals surface area contributed by atoms with E-state index in [1.807, 2.05) is 19.1 Å². The van der Waals surface area contributed by atoms with E-state index in [4.69, 9.17) is 13.8 Å². The van der Waals surface area contributed by atoms with Crippen LogP contribution in [0.25, 0.3) is 10.1 Å². The van der Waals surface area contributed by atoms with E-state index in [1.165, 1.54) is 15.8 Å². The Balaban J connectivity index is 1.23. The summed E-state index contributed by atoms with van der Waals surface area (Å²) in [4.78, 5) is 14.4. The van der Waals surface area contributed by atoms with Gasteiger partial charge in [0.1, 0.15) is 0 Å². The Bertz CT molecular complexity index is 1020. The van der Waals surface area contributed by atoms with Crippen molar-refractivity contribution in [2.24, 2.45) is 0 Å².